The van der Waals surface area contributed by atoms with Crippen LogP contribution in [0.4, 0.5) is 11.4 Å². The maximum atomic E-state index is 12.1. The van der Waals surface area contributed by atoms with Crippen LogP contribution in [0.2, 0.25) is 5.02 Å². The average Bonchev–Trinajstić information content (AvgIpc) is 2.47. The number of carbonyl (C=O) groups is 2. The maximum Gasteiger partial charge on any atom is 0.308 e. The Bertz CT molecular complexity index is 791. The number of ether oxygens (including phenoxy) is 1. The fourth-order valence-electron chi connectivity index (χ4n) is 2.34. The molecule has 0 spiro atoms. The lowest BCUT2D eigenvalue weighted by Gasteiger charge is -2.31. The summed E-state index contributed by atoms with van der Waals surface area (Å²) in [6.45, 7) is 2.82. The molecule has 0 bridgehead atoms. The summed E-state index contributed by atoms with van der Waals surface area (Å²) in [6, 6.07) is 10.9. The molecule has 22 heavy (non-hydrogen) atoms. The molecule has 0 aromatic heterocycles. The van der Waals surface area contributed by atoms with Gasteiger partial charge in [-0.3, -0.25) is 14.5 Å². The highest BCUT2D eigenvalue weighted by Crippen LogP contribution is 2.52. The van der Waals surface area contributed by atoms with Crippen LogP contribution in [0.5, 0.6) is 5.75 Å². The van der Waals surface area contributed by atoms with Gasteiger partial charge in [-0.25, -0.2) is 0 Å². The summed E-state index contributed by atoms with van der Waals surface area (Å²) in [4.78, 5) is 26.5. The Balaban J connectivity index is 2.18. The first-order valence-electron chi connectivity index (χ1n) is 6.57. The zero-order chi connectivity index (χ0) is 15.9. The Labute approximate surface area is 137 Å². The van der Waals surface area contributed by atoms with Crippen LogP contribution >= 0.6 is 23.4 Å². The quantitative estimate of drug-likeness (QED) is 0.572. The van der Waals surface area contributed by atoms with Crippen molar-refractivity contribution in [1.29, 1.82) is 0 Å². The zero-order valence-electron chi connectivity index (χ0n) is 11.9. The average molecular weight is 334 g/mol. The molecule has 2 aromatic rings. The van der Waals surface area contributed by atoms with Gasteiger partial charge in [0.2, 0.25) is 5.91 Å². The predicted octanol–water partition coefficient (Wildman–Crippen LogP) is 4.41. The Morgan fingerprint density at radius 2 is 1.82 bits per heavy atom. The van der Waals surface area contributed by atoms with Gasteiger partial charge < -0.3 is 4.74 Å². The molecule has 4 nitrogen and oxygen atoms in total. The lowest BCUT2D eigenvalue weighted by molar-refractivity contribution is -0.131. The molecule has 2 aromatic carbocycles. The standard InChI is InChI=1S/C16H12ClNO3S/c1-9(19)18-11-5-3-4-6-14(11)22-16-12(18)7-8-13(15(16)17)21-10(2)20/h3-8H,1-2H3. The number of anilines is 2. The van der Waals surface area contributed by atoms with E-state index in [4.69, 9.17) is 16.3 Å². The van der Waals surface area contributed by atoms with Gasteiger partial charge in [-0.15, -0.1) is 0 Å². The highest BCUT2D eigenvalue weighted by atomic mass is 35.5. The van der Waals surface area contributed by atoms with E-state index in [1.807, 2.05) is 24.3 Å². The van der Waals surface area contributed by atoms with E-state index in [9.17, 15) is 9.59 Å². The molecular weight excluding hydrogens is 322 g/mol. The number of rotatable bonds is 1. The highest BCUT2D eigenvalue weighted by molar-refractivity contribution is 7.99. The van der Waals surface area contributed by atoms with Crippen LogP contribution in [0.15, 0.2) is 46.2 Å². The van der Waals surface area contributed by atoms with Crippen molar-refractivity contribution < 1.29 is 14.3 Å². The van der Waals surface area contributed by atoms with Crippen molar-refractivity contribution in [3.05, 3.63) is 41.4 Å². The molecule has 1 aliphatic heterocycles. The Morgan fingerprint density at radius 1 is 1.09 bits per heavy atom. The minimum absolute atomic E-state index is 0.106. The van der Waals surface area contributed by atoms with Crippen molar-refractivity contribution in [3.63, 3.8) is 0 Å². The molecular formula is C16H12ClNO3S. The van der Waals surface area contributed by atoms with Gasteiger partial charge in [-0.2, -0.15) is 0 Å². The fraction of sp³-hybridized carbons (Fsp3) is 0.125. The number of amides is 1. The molecule has 1 heterocycles. The Hall–Kier alpha value is -1.98. The molecule has 0 radical (unpaired) electrons. The van der Waals surface area contributed by atoms with Crippen LogP contribution in [0.3, 0.4) is 0 Å². The fourth-order valence-corrected chi connectivity index (χ4v) is 3.74. The van der Waals surface area contributed by atoms with Crippen LogP contribution in [0.1, 0.15) is 13.8 Å². The number of esters is 1. The van der Waals surface area contributed by atoms with E-state index in [0.29, 0.717) is 21.4 Å². The van der Waals surface area contributed by atoms with Gasteiger partial charge in [0.15, 0.2) is 5.75 Å². The summed E-state index contributed by atoms with van der Waals surface area (Å²) in [5, 5.41) is 0.332. The van der Waals surface area contributed by atoms with Crippen LogP contribution in [0.25, 0.3) is 0 Å². The van der Waals surface area contributed by atoms with E-state index in [1.54, 1.807) is 17.0 Å². The summed E-state index contributed by atoms with van der Waals surface area (Å²) in [5.74, 6) is -0.250. The number of hydrogen-bond acceptors (Lipinski definition) is 4. The molecule has 3 rings (SSSR count). The molecule has 0 N–H and O–H groups in total. The van der Waals surface area contributed by atoms with Gasteiger partial charge in [-0.1, -0.05) is 35.5 Å². The number of para-hydroxylation sites is 1. The van der Waals surface area contributed by atoms with Crippen molar-refractivity contribution in [3.8, 4) is 5.75 Å². The highest BCUT2D eigenvalue weighted by Gasteiger charge is 2.29. The summed E-state index contributed by atoms with van der Waals surface area (Å²) in [5.41, 5.74) is 1.51. The van der Waals surface area contributed by atoms with E-state index >= 15 is 0 Å². The van der Waals surface area contributed by atoms with Crippen molar-refractivity contribution in [2.24, 2.45) is 0 Å². The van der Waals surface area contributed by atoms with E-state index in [-0.39, 0.29) is 5.91 Å². The SMILES string of the molecule is CC(=O)Oc1ccc2c(c1Cl)Sc1ccccc1N2C(C)=O. The Morgan fingerprint density at radius 3 is 2.50 bits per heavy atom. The van der Waals surface area contributed by atoms with E-state index in [2.05, 4.69) is 0 Å². The maximum absolute atomic E-state index is 12.1. The van der Waals surface area contributed by atoms with Gasteiger partial charge in [0.25, 0.3) is 0 Å². The number of hydrogen-bond donors (Lipinski definition) is 0. The summed E-state index contributed by atoms with van der Waals surface area (Å²) in [7, 11) is 0. The zero-order valence-corrected chi connectivity index (χ0v) is 13.5. The first-order valence-corrected chi connectivity index (χ1v) is 7.77. The molecule has 0 unspecified atom stereocenters. The summed E-state index contributed by atoms with van der Waals surface area (Å²) < 4.78 is 5.11. The Kier molecular flexibility index (Phi) is 3.85. The van der Waals surface area contributed by atoms with Crippen molar-refractivity contribution in [1.82, 2.24) is 0 Å². The first kappa shape index (κ1) is 14.9. The third-order valence-electron chi connectivity index (χ3n) is 3.17. The van der Waals surface area contributed by atoms with E-state index in [1.165, 1.54) is 25.6 Å². The normalized spacial score (nSPS) is 12.4. The van der Waals surface area contributed by atoms with Gasteiger partial charge in [0.05, 0.1) is 21.3 Å². The molecule has 0 aliphatic carbocycles. The molecule has 112 valence electrons. The van der Waals surface area contributed by atoms with Crippen LogP contribution in [-0.4, -0.2) is 11.9 Å². The second-order valence-electron chi connectivity index (χ2n) is 4.74. The lowest BCUT2D eigenvalue weighted by atomic mass is 10.2. The van der Waals surface area contributed by atoms with Gasteiger partial charge in [0.1, 0.15) is 0 Å². The summed E-state index contributed by atoms with van der Waals surface area (Å²) in [6.07, 6.45) is 0. The molecule has 0 saturated heterocycles. The van der Waals surface area contributed by atoms with Crippen LogP contribution < -0.4 is 9.64 Å². The smallest absolute Gasteiger partial charge is 0.308 e. The number of nitrogens with zero attached hydrogens (tertiary/aromatic N) is 1. The van der Waals surface area contributed by atoms with Crippen LogP contribution in [-0.2, 0) is 9.59 Å². The third-order valence-corrected chi connectivity index (χ3v) is 4.84. The number of carbonyl (C=O) groups excluding carboxylic acids is 2. The van der Waals surface area contributed by atoms with Gasteiger partial charge in [0, 0.05) is 18.7 Å². The lowest BCUT2D eigenvalue weighted by Crippen LogP contribution is -2.25. The second kappa shape index (κ2) is 5.66. The number of fused-ring (bicyclic) bond motifs is 2. The summed E-state index contributed by atoms with van der Waals surface area (Å²) >= 11 is 7.83. The van der Waals surface area contributed by atoms with Crippen molar-refractivity contribution in [2.45, 2.75) is 23.6 Å². The van der Waals surface area contributed by atoms with E-state index < -0.39 is 5.97 Å². The van der Waals surface area contributed by atoms with Crippen LogP contribution in [0, 0.1) is 0 Å². The predicted molar refractivity (Wildman–Crippen MR) is 86.1 cm³/mol. The monoisotopic (exact) mass is 333 g/mol. The molecule has 0 fully saturated rings. The topological polar surface area (TPSA) is 46.6 Å². The minimum atomic E-state index is -0.438. The molecule has 0 saturated carbocycles. The van der Waals surface area contributed by atoms with E-state index in [0.717, 1.165) is 10.6 Å². The second-order valence-corrected chi connectivity index (χ2v) is 6.17. The number of benzene rings is 2. The van der Waals surface area contributed by atoms with Crippen molar-refractivity contribution in [2.75, 3.05) is 4.90 Å². The third kappa shape index (κ3) is 2.46. The number of halogens is 1. The van der Waals surface area contributed by atoms with Crippen molar-refractivity contribution >= 4 is 46.6 Å². The molecule has 1 aliphatic rings. The van der Waals surface area contributed by atoms with Gasteiger partial charge in [-0.05, 0) is 24.3 Å². The first-order chi connectivity index (χ1) is 10.5. The molecule has 6 heteroatoms. The van der Waals surface area contributed by atoms with Gasteiger partial charge >= 0.3 is 5.97 Å². The minimum Gasteiger partial charge on any atom is -0.425 e. The molecule has 0 atom stereocenters. The largest absolute Gasteiger partial charge is 0.425 e. The molecule has 1 amide bonds.